The molecule has 0 unspecified atom stereocenters. The number of halogens is 3. The lowest BCUT2D eigenvalue weighted by atomic mass is 9.91. The largest absolute Gasteiger partial charge is 0.478 e. The number of aromatic carboxylic acids is 1. The fourth-order valence-corrected chi connectivity index (χ4v) is 5.33. The summed E-state index contributed by atoms with van der Waals surface area (Å²) in [5, 5.41) is 9.70. The highest BCUT2D eigenvalue weighted by molar-refractivity contribution is 9.11. The number of carboxylic acids is 1. The van der Waals surface area contributed by atoms with E-state index in [1.54, 1.807) is 17.0 Å². The van der Waals surface area contributed by atoms with Gasteiger partial charge in [0.2, 0.25) is 0 Å². The summed E-state index contributed by atoms with van der Waals surface area (Å²) < 4.78 is 7.51. The fourth-order valence-electron chi connectivity index (χ4n) is 3.94. The van der Waals surface area contributed by atoms with Gasteiger partial charge in [-0.05, 0) is 73.8 Å². The predicted molar refractivity (Wildman–Crippen MR) is 121 cm³/mol. The molecule has 30 heavy (non-hydrogen) atoms. The van der Waals surface area contributed by atoms with E-state index in [-0.39, 0.29) is 11.7 Å². The zero-order chi connectivity index (χ0) is 21.5. The number of amides is 1. The predicted octanol–water partition coefficient (Wildman–Crippen LogP) is 5.55. The van der Waals surface area contributed by atoms with Crippen molar-refractivity contribution in [3.8, 4) is 0 Å². The van der Waals surface area contributed by atoms with E-state index in [0.717, 1.165) is 47.0 Å². The third-order valence-corrected chi connectivity index (χ3v) is 7.73. The molecule has 0 bridgehead atoms. The fraction of sp³-hybridized carbons (Fsp3) is 0.333. The molecule has 158 valence electrons. The molecule has 6 nitrogen and oxygen atoms in total. The van der Waals surface area contributed by atoms with Crippen molar-refractivity contribution in [3.05, 3.63) is 61.5 Å². The number of anilines is 1. The molecule has 0 radical (unpaired) electrons. The lowest BCUT2D eigenvalue weighted by Crippen LogP contribution is -2.46. The smallest absolute Gasteiger partial charge is 0.415 e. The van der Waals surface area contributed by atoms with E-state index in [1.807, 2.05) is 12.1 Å². The minimum atomic E-state index is -0.992. The Morgan fingerprint density at radius 2 is 1.73 bits per heavy atom. The monoisotopic (exact) mass is 556 g/mol. The van der Waals surface area contributed by atoms with Crippen molar-refractivity contribution in [1.29, 1.82) is 0 Å². The first-order chi connectivity index (χ1) is 14.3. The lowest BCUT2D eigenvalue weighted by molar-refractivity contribution is -0.000984. The topological polar surface area (TPSA) is 70.1 Å². The zero-order valence-electron chi connectivity index (χ0n) is 15.9. The van der Waals surface area contributed by atoms with Crippen LogP contribution >= 0.6 is 43.5 Å². The molecule has 2 aromatic rings. The normalized spacial score (nSPS) is 18.6. The number of hydrogen-bond donors (Lipinski definition) is 1. The van der Waals surface area contributed by atoms with Crippen LogP contribution in [-0.2, 0) is 11.3 Å². The van der Waals surface area contributed by atoms with Crippen LogP contribution in [0.2, 0.25) is 5.02 Å². The highest BCUT2D eigenvalue weighted by atomic mass is 79.9. The second-order valence-corrected chi connectivity index (χ2v) is 9.73. The number of ether oxygens (including phenoxy) is 1. The first kappa shape index (κ1) is 21.6. The average molecular weight is 559 g/mol. The molecule has 0 atom stereocenters. The second-order valence-electron chi connectivity index (χ2n) is 7.64. The maximum atomic E-state index is 12.5. The Morgan fingerprint density at radius 1 is 1.13 bits per heavy atom. The molecule has 9 heteroatoms. The number of carboxylic acid groups (broad SMARTS) is 1. The minimum Gasteiger partial charge on any atom is -0.478 e. The number of piperidine rings is 1. The molecular weight excluding hydrogens is 540 g/mol. The Bertz CT molecular complexity index is 968. The number of likely N-dealkylation sites (tertiary alicyclic amines) is 1. The Kier molecular flexibility index (Phi) is 6.12. The first-order valence-corrected chi connectivity index (χ1v) is 11.4. The highest BCUT2D eigenvalue weighted by Gasteiger charge is 2.47. The molecule has 2 aliphatic rings. The number of nitrogens with zero attached hydrogens (tertiary/aromatic N) is 2. The molecule has 2 fully saturated rings. The van der Waals surface area contributed by atoms with Crippen LogP contribution in [0.4, 0.5) is 10.5 Å². The average Bonchev–Trinajstić information content (AvgIpc) is 3.04. The zero-order valence-corrected chi connectivity index (χ0v) is 19.8. The molecule has 2 aliphatic heterocycles. The van der Waals surface area contributed by atoms with Gasteiger partial charge in [-0.15, -0.1) is 0 Å². The van der Waals surface area contributed by atoms with Crippen LogP contribution in [0.25, 0.3) is 0 Å². The van der Waals surface area contributed by atoms with Gasteiger partial charge >= 0.3 is 12.1 Å². The number of carbonyl (C=O) groups excluding carboxylic acids is 1. The van der Waals surface area contributed by atoms with E-state index >= 15 is 0 Å². The van der Waals surface area contributed by atoms with Crippen LogP contribution in [0.1, 0.15) is 28.8 Å². The van der Waals surface area contributed by atoms with Gasteiger partial charge in [-0.3, -0.25) is 9.80 Å². The van der Waals surface area contributed by atoms with Crippen LogP contribution in [0.5, 0.6) is 0 Å². The Morgan fingerprint density at radius 3 is 2.30 bits per heavy atom. The first-order valence-electron chi connectivity index (χ1n) is 9.46. The van der Waals surface area contributed by atoms with Crippen molar-refractivity contribution in [3.63, 3.8) is 0 Å². The molecule has 0 aliphatic carbocycles. The van der Waals surface area contributed by atoms with Gasteiger partial charge in [0, 0.05) is 47.1 Å². The summed E-state index contributed by atoms with van der Waals surface area (Å²) >= 11 is 13.2. The van der Waals surface area contributed by atoms with Crippen LogP contribution in [0, 0.1) is 0 Å². The van der Waals surface area contributed by atoms with E-state index < -0.39 is 11.6 Å². The van der Waals surface area contributed by atoms with Gasteiger partial charge in [-0.2, -0.15) is 0 Å². The van der Waals surface area contributed by atoms with Crippen molar-refractivity contribution in [2.45, 2.75) is 25.0 Å². The summed E-state index contributed by atoms with van der Waals surface area (Å²) in [6.45, 7) is 2.90. The van der Waals surface area contributed by atoms with Crippen LogP contribution < -0.4 is 4.90 Å². The molecule has 2 saturated heterocycles. The van der Waals surface area contributed by atoms with Gasteiger partial charge in [0.1, 0.15) is 5.60 Å². The molecule has 2 heterocycles. The number of carbonyl (C=O) groups is 2. The molecular formula is C21H19Br2ClN2O4. The summed E-state index contributed by atoms with van der Waals surface area (Å²) in [5.74, 6) is -0.992. The maximum Gasteiger partial charge on any atom is 0.415 e. The van der Waals surface area contributed by atoms with Gasteiger partial charge in [0.05, 0.1) is 17.1 Å². The van der Waals surface area contributed by atoms with E-state index in [9.17, 15) is 9.59 Å². The lowest BCUT2D eigenvalue weighted by Gasteiger charge is -2.37. The third-order valence-electron chi connectivity index (χ3n) is 5.61. The van der Waals surface area contributed by atoms with Crippen LogP contribution in [0.15, 0.2) is 45.3 Å². The molecule has 0 saturated carbocycles. The molecule has 2 aromatic carbocycles. The van der Waals surface area contributed by atoms with Gasteiger partial charge < -0.3 is 9.84 Å². The van der Waals surface area contributed by atoms with E-state index in [2.05, 4.69) is 36.8 Å². The van der Waals surface area contributed by atoms with Crippen molar-refractivity contribution >= 4 is 61.2 Å². The quantitative estimate of drug-likeness (QED) is 0.498. The number of rotatable bonds is 4. The Hall–Kier alpha value is -1.61. The van der Waals surface area contributed by atoms with E-state index in [1.165, 1.54) is 12.1 Å². The van der Waals surface area contributed by atoms with E-state index in [4.69, 9.17) is 21.4 Å². The van der Waals surface area contributed by atoms with Gasteiger partial charge in [-0.25, -0.2) is 9.59 Å². The molecule has 1 spiro atoms. The second kappa shape index (κ2) is 8.49. The van der Waals surface area contributed by atoms with Crippen LogP contribution in [0.3, 0.4) is 0 Å². The summed E-state index contributed by atoms with van der Waals surface area (Å²) in [6.07, 6.45) is 1.12. The van der Waals surface area contributed by atoms with Crippen molar-refractivity contribution in [2.75, 3.05) is 24.5 Å². The number of benzene rings is 2. The van der Waals surface area contributed by atoms with Gasteiger partial charge in [-0.1, -0.05) is 11.6 Å². The molecule has 1 amide bonds. The SMILES string of the molecule is O=C(O)c1ccc(N2CC3(CCN(Cc4cc(Br)c(Cl)c(Br)c4)CC3)OC2=O)cc1. The number of hydrogen-bond acceptors (Lipinski definition) is 4. The van der Waals surface area contributed by atoms with Gasteiger partial charge in [0.15, 0.2) is 0 Å². The standard InChI is InChI=1S/C21H19Br2ClN2O4/c22-16-9-13(10-17(23)18(16)24)11-25-7-5-21(6-8-25)12-26(20(29)30-21)15-3-1-14(2-4-15)19(27)28/h1-4,9-10H,5-8,11-12H2,(H,27,28). The van der Waals surface area contributed by atoms with Crippen LogP contribution in [-0.4, -0.2) is 47.3 Å². The van der Waals surface area contributed by atoms with Crippen molar-refractivity contribution < 1.29 is 19.4 Å². The molecule has 4 rings (SSSR count). The minimum absolute atomic E-state index is 0.190. The van der Waals surface area contributed by atoms with Crippen molar-refractivity contribution in [1.82, 2.24) is 4.90 Å². The molecule has 1 N–H and O–H groups in total. The summed E-state index contributed by atoms with van der Waals surface area (Å²) in [5.41, 5.74) is 1.49. The van der Waals surface area contributed by atoms with Gasteiger partial charge in [0.25, 0.3) is 0 Å². The Balaban J connectivity index is 1.39. The molecule has 0 aromatic heterocycles. The Labute approximate surface area is 196 Å². The van der Waals surface area contributed by atoms with E-state index in [0.29, 0.717) is 17.3 Å². The highest BCUT2D eigenvalue weighted by Crippen LogP contribution is 2.37. The summed E-state index contributed by atoms with van der Waals surface area (Å²) in [6, 6.07) is 10.3. The maximum absolute atomic E-state index is 12.5. The third kappa shape index (κ3) is 4.37. The van der Waals surface area contributed by atoms with Crippen molar-refractivity contribution in [2.24, 2.45) is 0 Å². The summed E-state index contributed by atoms with van der Waals surface area (Å²) in [4.78, 5) is 27.5. The summed E-state index contributed by atoms with van der Waals surface area (Å²) in [7, 11) is 0.